The van der Waals surface area contributed by atoms with Crippen molar-refractivity contribution in [3.63, 3.8) is 0 Å². The molecule has 2 N–H and O–H groups in total. The summed E-state index contributed by atoms with van der Waals surface area (Å²) in [6, 6.07) is 11.5. The summed E-state index contributed by atoms with van der Waals surface area (Å²) < 4.78 is 0. The molecule has 110 valence electrons. The molecule has 21 heavy (non-hydrogen) atoms. The van der Waals surface area contributed by atoms with Gasteiger partial charge in [0.05, 0.1) is 0 Å². The Balaban J connectivity index is 2.07. The second-order valence-corrected chi connectivity index (χ2v) is 4.70. The average molecular weight is 284 g/mol. The third-order valence-corrected chi connectivity index (χ3v) is 3.09. The number of para-hydroxylation sites is 1. The first-order chi connectivity index (χ1) is 10.2. The predicted octanol–water partition coefficient (Wildman–Crippen LogP) is 2.92. The Hall–Kier alpha value is -2.43. The molecule has 1 aromatic heterocycles. The van der Waals surface area contributed by atoms with Gasteiger partial charge in [0.25, 0.3) is 5.91 Å². The minimum atomic E-state index is -0.190. The van der Waals surface area contributed by atoms with Crippen molar-refractivity contribution in [1.82, 2.24) is 15.5 Å². The number of hydrogen-bond donors (Lipinski definition) is 2. The van der Waals surface area contributed by atoms with Crippen molar-refractivity contribution in [1.29, 1.82) is 0 Å². The third kappa shape index (κ3) is 4.02. The second kappa shape index (κ2) is 7.38. The van der Waals surface area contributed by atoms with Gasteiger partial charge in [0, 0.05) is 12.2 Å². The van der Waals surface area contributed by atoms with Crippen LogP contribution in [0.15, 0.2) is 36.4 Å². The minimum Gasteiger partial charge on any atom is -0.351 e. The number of benzene rings is 1. The van der Waals surface area contributed by atoms with Crippen LogP contribution in [0.2, 0.25) is 0 Å². The highest BCUT2D eigenvalue weighted by Crippen LogP contribution is 2.19. The molecule has 0 aliphatic carbocycles. The molecule has 1 heterocycles. The van der Waals surface area contributed by atoms with E-state index in [0.29, 0.717) is 18.1 Å². The van der Waals surface area contributed by atoms with Crippen LogP contribution in [0.1, 0.15) is 36.3 Å². The molecule has 0 aliphatic rings. The fourth-order valence-electron chi connectivity index (χ4n) is 1.94. The maximum Gasteiger partial charge on any atom is 0.271 e. The van der Waals surface area contributed by atoms with Crippen molar-refractivity contribution in [3.05, 3.63) is 47.7 Å². The normalized spacial score (nSPS) is 10.2. The fourth-order valence-corrected chi connectivity index (χ4v) is 1.94. The van der Waals surface area contributed by atoms with Crippen LogP contribution in [0, 0.1) is 0 Å². The lowest BCUT2D eigenvalue weighted by Crippen LogP contribution is -2.25. The molecule has 5 nitrogen and oxygen atoms in total. The largest absolute Gasteiger partial charge is 0.351 e. The molecule has 0 atom stereocenters. The van der Waals surface area contributed by atoms with Gasteiger partial charge in [-0.1, -0.05) is 32.0 Å². The van der Waals surface area contributed by atoms with Crippen LogP contribution in [0.4, 0.5) is 11.5 Å². The van der Waals surface area contributed by atoms with Crippen molar-refractivity contribution >= 4 is 17.4 Å². The van der Waals surface area contributed by atoms with E-state index < -0.39 is 0 Å². The lowest BCUT2D eigenvalue weighted by molar-refractivity contribution is 0.0947. The predicted molar refractivity (Wildman–Crippen MR) is 83.8 cm³/mol. The summed E-state index contributed by atoms with van der Waals surface area (Å²) in [5.41, 5.74) is 2.55. The lowest BCUT2D eigenvalue weighted by Gasteiger charge is -2.09. The van der Waals surface area contributed by atoms with Gasteiger partial charge in [0.15, 0.2) is 11.5 Å². The van der Waals surface area contributed by atoms with Gasteiger partial charge in [-0.05, 0) is 36.6 Å². The van der Waals surface area contributed by atoms with E-state index in [1.807, 2.05) is 25.1 Å². The first kappa shape index (κ1) is 15.0. The number of carbonyl (C=O) groups excluding carboxylic acids is 1. The molecule has 0 radical (unpaired) electrons. The molecular formula is C16H20N4O. The molecule has 0 aliphatic heterocycles. The number of hydrogen-bond acceptors (Lipinski definition) is 4. The summed E-state index contributed by atoms with van der Waals surface area (Å²) >= 11 is 0. The van der Waals surface area contributed by atoms with E-state index in [0.717, 1.165) is 18.5 Å². The monoisotopic (exact) mass is 284 g/mol. The Morgan fingerprint density at radius 3 is 2.57 bits per heavy atom. The molecule has 0 fully saturated rings. The molecule has 1 amide bonds. The van der Waals surface area contributed by atoms with Crippen LogP contribution < -0.4 is 10.6 Å². The highest BCUT2D eigenvalue weighted by molar-refractivity contribution is 5.92. The summed E-state index contributed by atoms with van der Waals surface area (Å²) in [5.74, 6) is 0.438. The number of carbonyl (C=O) groups is 1. The maximum atomic E-state index is 11.7. The number of anilines is 2. The fraction of sp³-hybridized carbons (Fsp3) is 0.312. The average Bonchev–Trinajstić information content (AvgIpc) is 2.54. The summed E-state index contributed by atoms with van der Waals surface area (Å²) in [4.78, 5) is 11.7. The van der Waals surface area contributed by atoms with Crippen LogP contribution in [0.3, 0.4) is 0 Å². The molecular weight excluding hydrogens is 264 g/mol. The first-order valence-corrected chi connectivity index (χ1v) is 7.21. The molecule has 0 spiro atoms. The van der Waals surface area contributed by atoms with Crippen molar-refractivity contribution in [3.8, 4) is 0 Å². The van der Waals surface area contributed by atoms with E-state index >= 15 is 0 Å². The molecule has 0 unspecified atom stereocenters. The number of rotatable bonds is 6. The summed E-state index contributed by atoms with van der Waals surface area (Å²) in [5, 5.41) is 14.0. The Morgan fingerprint density at radius 1 is 1.10 bits per heavy atom. The standard InChI is InChI=1S/C16H20N4O/c1-3-11-17-16(21)14-9-10-15(20-19-14)18-13-8-6-5-7-12(13)4-2/h5-10H,3-4,11H2,1-2H3,(H,17,21)(H,18,20). The van der Waals surface area contributed by atoms with Gasteiger partial charge in [-0.25, -0.2) is 0 Å². The minimum absolute atomic E-state index is 0.190. The molecule has 0 saturated heterocycles. The first-order valence-electron chi connectivity index (χ1n) is 7.21. The number of nitrogens with zero attached hydrogens (tertiary/aromatic N) is 2. The van der Waals surface area contributed by atoms with Gasteiger partial charge in [-0.3, -0.25) is 4.79 Å². The van der Waals surface area contributed by atoms with Gasteiger partial charge in [0.1, 0.15) is 0 Å². The third-order valence-electron chi connectivity index (χ3n) is 3.09. The van der Waals surface area contributed by atoms with Crippen molar-refractivity contribution in [2.45, 2.75) is 26.7 Å². The van der Waals surface area contributed by atoms with Crippen LogP contribution in [0.5, 0.6) is 0 Å². The maximum absolute atomic E-state index is 11.7. The molecule has 1 aromatic carbocycles. The van der Waals surface area contributed by atoms with E-state index in [1.165, 1.54) is 5.56 Å². The van der Waals surface area contributed by atoms with Gasteiger partial charge in [-0.15, -0.1) is 10.2 Å². The van der Waals surface area contributed by atoms with E-state index in [2.05, 4.69) is 33.8 Å². The van der Waals surface area contributed by atoms with Crippen LogP contribution in [-0.4, -0.2) is 22.6 Å². The van der Waals surface area contributed by atoms with E-state index in [-0.39, 0.29) is 5.91 Å². The summed E-state index contributed by atoms with van der Waals surface area (Å²) in [7, 11) is 0. The zero-order valence-electron chi connectivity index (χ0n) is 12.4. The van der Waals surface area contributed by atoms with Crippen LogP contribution in [-0.2, 0) is 6.42 Å². The van der Waals surface area contributed by atoms with Crippen LogP contribution in [0.25, 0.3) is 0 Å². The number of amides is 1. The van der Waals surface area contributed by atoms with E-state index in [4.69, 9.17) is 0 Å². The summed E-state index contributed by atoms with van der Waals surface area (Å²) in [6.45, 7) is 4.75. The molecule has 0 saturated carbocycles. The van der Waals surface area contributed by atoms with Crippen molar-refractivity contribution in [2.75, 3.05) is 11.9 Å². The molecule has 0 bridgehead atoms. The molecule has 2 aromatic rings. The summed E-state index contributed by atoms with van der Waals surface area (Å²) in [6.07, 6.45) is 1.83. The Labute approximate surface area is 124 Å². The number of nitrogens with one attached hydrogen (secondary N) is 2. The smallest absolute Gasteiger partial charge is 0.271 e. The molecule has 5 heteroatoms. The Kier molecular flexibility index (Phi) is 5.26. The zero-order valence-corrected chi connectivity index (χ0v) is 12.4. The van der Waals surface area contributed by atoms with E-state index in [1.54, 1.807) is 12.1 Å². The number of aryl methyl sites for hydroxylation is 1. The quantitative estimate of drug-likeness (QED) is 0.856. The second-order valence-electron chi connectivity index (χ2n) is 4.70. The van der Waals surface area contributed by atoms with Crippen molar-refractivity contribution in [2.24, 2.45) is 0 Å². The lowest BCUT2D eigenvalue weighted by atomic mass is 10.1. The Bertz CT molecular complexity index is 595. The SMILES string of the molecule is CCCNC(=O)c1ccc(Nc2ccccc2CC)nn1. The highest BCUT2D eigenvalue weighted by atomic mass is 16.1. The van der Waals surface area contributed by atoms with Gasteiger partial charge >= 0.3 is 0 Å². The van der Waals surface area contributed by atoms with Crippen LogP contribution >= 0.6 is 0 Å². The highest BCUT2D eigenvalue weighted by Gasteiger charge is 2.07. The van der Waals surface area contributed by atoms with Gasteiger partial charge in [0.2, 0.25) is 0 Å². The van der Waals surface area contributed by atoms with Gasteiger partial charge < -0.3 is 10.6 Å². The Morgan fingerprint density at radius 2 is 1.90 bits per heavy atom. The van der Waals surface area contributed by atoms with Crippen molar-refractivity contribution < 1.29 is 4.79 Å². The zero-order chi connectivity index (χ0) is 15.1. The molecule has 2 rings (SSSR count). The van der Waals surface area contributed by atoms with Gasteiger partial charge in [-0.2, -0.15) is 0 Å². The topological polar surface area (TPSA) is 66.9 Å². The number of aromatic nitrogens is 2. The van der Waals surface area contributed by atoms with E-state index in [9.17, 15) is 4.79 Å².